The van der Waals surface area contributed by atoms with Gasteiger partial charge in [-0.15, -0.1) is 0 Å². The maximum absolute atomic E-state index is 11.7. The van der Waals surface area contributed by atoms with E-state index in [0.717, 1.165) is 16.5 Å². The Morgan fingerprint density at radius 1 is 1.09 bits per heavy atom. The van der Waals surface area contributed by atoms with Crippen molar-refractivity contribution in [1.29, 1.82) is 0 Å². The van der Waals surface area contributed by atoms with Crippen molar-refractivity contribution in [3.63, 3.8) is 0 Å². The van der Waals surface area contributed by atoms with Crippen LogP contribution in [-0.4, -0.2) is 40.5 Å². The zero-order chi connectivity index (χ0) is 17.0. The molecule has 7 heteroatoms. The lowest BCUT2D eigenvalue weighted by atomic mass is 10.1. The summed E-state index contributed by atoms with van der Waals surface area (Å²) in [6, 6.07) is 11.4. The first-order valence-corrected chi connectivity index (χ1v) is 8.27. The van der Waals surface area contributed by atoms with Crippen molar-refractivity contribution in [2.45, 2.75) is 12.8 Å². The van der Waals surface area contributed by atoms with Crippen LogP contribution >= 0.6 is 0 Å². The first kappa shape index (κ1) is 17.2. The van der Waals surface area contributed by atoms with E-state index in [1.54, 1.807) is 6.07 Å². The molecule has 0 amide bonds. The fraction of sp³-hybridized carbons (Fsp3) is 0.312. The van der Waals surface area contributed by atoms with E-state index in [9.17, 15) is 13.6 Å². The number of nitrogens with zero attached hydrogens (tertiary/aromatic N) is 2. The zero-order valence-corrected chi connectivity index (χ0v) is 13.9. The number of benzene rings is 2. The van der Waals surface area contributed by atoms with E-state index in [1.807, 2.05) is 49.3 Å². The molecule has 0 fully saturated rings. The molecule has 23 heavy (non-hydrogen) atoms. The second-order valence-corrected chi connectivity index (χ2v) is 6.28. The molecule has 0 spiro atoms. The highest BCUT2D eigenvalue weighted by Gasteiger charge is 2.16. The van der Waals surface area contributed by atoms with Crippen molar-refractivity contribution >= 4 is 39.4 Å². The molecule has 1 unspecified atom stereocenters. The molecular weight excluding hydrogens is 316 g/mol. The third-order valence-electron chi connectivity index (χ3n) is 3.57. The van der Waals surface area contributed by atoms with E-state index in [-0.39, 0.29) is 13.0 Å². The van der Waals surface area contributed by atoms with E-state index in [1.165, 1.54) is 4.31 Å². The highest BCUT2D eigenvalue weighted by atomic mass is 32.2. The van der Waals surface area contributed by atoms with Crippen molar-refractivity contribution in [2.24, 2.45) is 0 Å². The Labute approximate surface area is 137 Å². The third-order valence-corrected chi connectivity index (χ3v) is 4.32. The molecule has 0 bridgehead atoms. The van der Waals surface area contributed by atoms with E-state index in [2.05, 4.69) is 0 Å². The smallest absolute Gasteiger partial charge is 0.303 e. The molecule has 0 radical (unpaired) electrons. The number of carboxylic acid groups (broad SMARTS) is 1. The minimum Gasteiger partial charge on any atom is -0.481 e. The predicted molar refractivity (Wildman–Crippen MR) is 93.3 cm³/mol. The summed E-state index contributed by atoms with van der Waals surface area (Å²) in [6.45, 7) is 0.195. The van der Waals surface area contributed by atoms with Gasteiger partial charge in [0.15, 0.2) is 0 Å². The molecule has 0 aliphatic carbocycles. The summed E-state index contributed by atoms with van der Waals surface area (Å²) >= 11 is -2.22. The maximum atomic E-state index is 11.7. The minimum atomic E-state index is -2.22. The Bertz CT molecular complexity index is 733. The van der Waals surface area contributed by atoms with Gasteiger partial charge in [0, 0.05) is 43.5 Å². The van der Waals surface area contributed by atoms with Crippen LogP contribution in [0, 0.1) is 0 Å². The molecule has 0 aliphatic heterocycles. The van der Waals surface area contributed by atoms with Crippen molar-refractivity contribution in [2.75, 3.05) is 29.8 Å². The number of rotatable bonds is 7. The predicted octanol–water partition coefficient (Wildman–Crippen LogP) is 2.71. The van der Waals surface area contributed by atoms with Crippen LogP contribution in [0.1, 0.15) is 12.8 Å². The molecule has 2 aromatic carbocycles. The summed E-state index contributed by atoms with van der Waals surface area (Å²) in [4.78, 5) is 12.6. The molecule has 2 aromatic rings. The van der Waals surface area contributed by atoms with Crippen LogP contribution in [0.5, 0.6) is 0 Å². The maximum Gasteiger partial charge on any atom is 0.303 e. The van der Waals surface area contributed by atoms with Gasteiger partial charge in [-0.25, -0.2) is 4.21 Å². The van der Waals surface area contributed by atoms with Gasteiger partial charge in [0.25, 0.3) is 11.3 Å². The molecule has 0 saturated heterocycles. The monoisotopic (exact) mass is 336 g/mol. The molecule has 1 atom stereocenters. The molecule has 0 aliphatic rings. The van der Waals surface area contributed by atoms with Crippen molar-refractivity contribution in [3.8, 4) is 0 Å². The molecular formula is C16H20N2O4S. The van der Waals surface area contributed by atoms with Gasteiger partial charge in [0.05, 0.1) is 5.69 Å². The lowest BCUT2D eigenvalue weighted by Gasteiger charge is -2.23. The third kappa shape index (κ3) is 4.00. The van der Waals surface area contributed by atoms with Crippen molar-refractivity contribution in [3.05, 3.63) is 36.4 Å². The van der Waals surface area contributed by atoms with Crippen LogP contribution in [0.4, 0.5) is 11.4 Å². The minimum absolute atomic E-state index is 0.0403. The van der Waals surface area contributed by atoms with E-state index < -0.39 is 17.2 Å². The Morgan fingerprint density at radius 3 is 2.17 bits per heavy atom. The van der Waals surface area contributed by atoms with Crippen molar-refractivity contribution in [1.82, 2.24) is 0 Å². The zero-order valence-electron chi connectivity index (χ0n) is 13.1. The van der Waals surface area contributed by atoms with Gasteiger partial charge in [-0.2, -0.15) is 0 Å². The molecule has 0 aromatic heterocycles. The van der Waals surface area contributed by atoms with E-state index in [0.29, 0.717) is 12.1 Å². The fourth-order valence-corrected chi connectivity index (χ4v) is 3.15. The summed E-state index contributed by atoms with van der Waals surface area (Å²) < 4.78 is 22.7. The van der Waals surface area contributed by atoms with Gasteiger partial charge in [0.2, 0.25) is 0 Å². The molecule has 0 heterocycles. The first-order chi connectivity index (χ1) is 10.9. The number of fused-ring (bicyclic) bond motifs is 1. The molecule has 124 valence electrons. The van der Waals surface area contributed by atoms with Gasteiger partial charge in [-0.3, -0.25) is 13.7 Å². The fourth-order valence-electron chi connectivity index (χ4n) is 2.54. The second kappa shape index (κ2) is 7.43. The summed E-state index contributed by atoms with van der Waals surface area (Å²) in [5.41, 5.74) is 1.64. The largest absolute Gasteiger partial charge is 0.481 e. The van der Waals surface area contributed by atoms with Gasteiger partial charge in [0.1, 0.15) is 0 Å². The standard InChI is InChI=1S/C16H20N2O4S/c1-17(2)14-8-3-7-13-12(14)6-4-9-15(13)18(23(21)22)11-5-10-16(19)20/h3-4,6-9H,5,10-11H2,1-2H3,(H,19,20)(H,21,22). The first-order valence-electron chi connectivity index (χ1n) is 7.21. The van der Waals surface area contributed by atoms with Gasteiger partial charge in [-0.1, -0.05) is 24.3 Å². The molecule has 0 saturated carbocycles. The second-order valence-electron chi connectivity index (χ2n) is 5.37. The number of hydrogen-bond donors (Lipinski definition) is 2. The average molecular weight is 336 g/mol. The summed E-state index contributed by atoms with van der Waals surface area (Å²) in [7, 11) is 3.88. The number of carboxylic acids is 1. The van der Waals surface area contributed by atoms with Crippen LogP contribution in [0.15, 0.2) is 36.4 Å². The number of hydrogen-bond acceptors (Lipinski definition) is 3. The Morgan fingerprint density at radius 2 is 1.65 bits per heavy atom. The Balaban J connectivity index is 2.45. The average Bonchev–Trinajstić information content (AvgIpc) is 2.50. The van der Waals surface area contributed by atoms with Gasteiger partial charge in [-0.05, 0) is 18.6 Å². The number of aliphatic carboxylic acids is 1. The summed E-state index contributed by atoms with van der Waals surface area (Å²) in [6.07, 6.45) is 0.257. The highest BCUT2D eigenvalue weighted by molar-refractivity contribution is 7.80. The van der Waals surface area contributed by atoms with Crippen LogP contribution in [0.25, 0.3) is 10.8 Å². The SMILES string of the molecule is CN(C)c1cccc2c(N(CCCC(=O)O)S(=O)O)cccc12. The molecule has 6 nitrogen and oxygen atoms in total. The lowest BCUT2D eigenvalue weighted by Crippen LogP contribution is -2.27. The highest BCUT2D eigenvalue weighted by Crippen LogP contribution is 2.33. The topological polar surface area (TPSA) is 81.1 Å². The summed E-state index contributed by atoms with van der Waals surface area (Å²) in [5.74, 6) is -0.915. The Hall–Kier alpha value is -2.12. The number of carbonyl (C=O) groups is 1. The molecule has 2 N–H and O–H groups in total. The normalized spacial score (nSPS) is 12.1. The number of anilines is 2. The van der Waals surface area contributed by atoms with Crippen LogP contribution in [0.2, 0.25) is 0 Å². The van der Waals surface area contributed by atoms with E-state index in [4.69, 9.17) is 5.11 Å². The Kier molecular flexibility index (Phi) is 5.57. The quantitative estimate of drug-likeness (QED) is 0.760. The van der Waals surface area contributed by atoms with Gasteiger partial charge >= 0.3 is 5.97 Å². The van der Waals surface area contributed by atoms with Gasteiger partial charge < -0.3 is 10.0 Å². The lowest BCUT2D eigenvalue weighted by molar-refractivity contribution is -0.137. The van der Waals surface area contributed by atoms with Crippen LogP contribution in [-0.2, 0) is 16.1 Å². The van der Waals surface area contributed by atoms with Crippen LogP contribution < -0.4 is 9.21 Å². The van der Waals surface area contributed by atoms with E-state index >= 15 is 0 Å². The summed E-state index contributed by atoms with van der Waals surface area (Å²) in [5, 5.41) is 10.6. The van der Waals surface area contributed by atoms with Crippen LogP contribution in [0.3, 0.4) is 0 Å². The molecule has 2 rings (SSSR count). The van der Waals surface area contributed by atoms with Crippen molar-refractivity contribution < 1.29 is 18.7 Å².